The van der Waals surface area contributed by atoms with E-state index in [2.05, 4.69) is 91.9 Å². The summed E-state index contributed by atoms with van der Waals surface area (Å²) in [5.74, 6) is 0. The number of benzene rings is 3. The van der Waals surface area contributed by atoms with E-state index in [0.717, 1.165) is 0 Å². The quantitative estimate of drug-likeness (QED) is 0.132. The van der Waals surface area contributed by atoms with Crippen molar-refractivity contribution in [1.82, 2.24) is 0 Å². The molecule has 0 amide bonds. The summed E-state index contributed by atoms with van der Waals surface area (Å²) in [5, 5.41) is 4.43. The number of aryl methyl sites for hydroxylation is 1. The van der Waals surface area contributed by atoms with Crippen LogP contribution in [0.25, 0.3) is 0 Å². The zero-order valence-electron chi connectivity index (χ0n) is 21.9. The standard InChI is InChI=1S/C33H45P.C/c1-2-3-4-5-6-7-8-9-10-11-12-13-16-23-30-24-21-22-29-33(30)34(31-25-17-14-18-26-31)32-27-19-15-20-28-32;/h14-15,17-22,24-29H,2-13,16,23H2,1H3;. The summed E-state index contributed by atoms with van der Waals surface area (Å²) in [6, 6.07) is 31.4. The van der Waals surface area contributed by atoms with Gasteiger partial charge in [0.1, 0.15) is 0 Å². The molecule has 1 heteroatoms. The van der Waals surface area contributed by atoms with Gasteiger partial charge in [-0.1, -0.05) is 169 Å². The SMILES string of the molecule is CCCCCCCCCCCCCCCc1ccccc1P(c1ccccc1)c1ccccc1.[C]. The number of rotatable bonds is 17. The molecule has 0 bridgehead atoms. The van der Waals surface area contributed by atoms with E-state index in [1.54, 1.807) is 5.56 Å². The molecule has 3 rings (SSSR count). The summed E-state index contributed by atoms with van der Waals surface area (Å²) < 4.78 is 0. The topological polar surface area (TPSA) is 0 Å². The second kappa shape index (κ2) is 18.4. The molecule has 3 aromatic carbocycles. The van der Waals surface area contributed by atoms with Gasteiger partial charge in [-0.25, -0.2) is 0 Å². The first-order valence-electron chi connectivity index (χ1n) is 13.9. The van der Waals surface area contributed by atoms with E-state index in [9.17, 15) is 0 Å². The van der Waals surface area contributed by atoms with E-state index in [1.807, 2.05) is 0 Å². The number of hydrogen-bond donors (Lipinski definition) is 0. The van der Waals surface area contributed by atoms with Gasteiger partial charge in [0, 0.05) is 7.43 Å². The molecule has 0 nitrogen and oxygen atoms in total. The lowest BCUT2D eigenvalue weighted by Crippen LogP contribution is -2.23. The maximum Gasteiger partial charge on any atom is 0 e. The fourth-order valence-electron chi connectivity index (χ4n) is 4.85. The predicted octanol–water partition coefficient (Wildman–Crippen LogP) is 9.16. The highest BCUT2D eigenvalue weighted by molar-refractivity contribution is 7.79. The van der Waals surface area contributed by atoms with Gasteiger partial charge in [-0.15, -0.1) is 0 Å². The summed E-state index contributed by atoms with van der Waals surface area (Å²) in [5.41, 5.74) is 1.55. The highest BCUT2D eigenvalue weighted by Crippen LogP contribution is 2.34. The van der Waals surface area contributed by atoms with Gasteiger partial charge in [0.25, 0.3) is 0 Å². The van der Waals surface area contributed by atoms with Crippen molar-refractivity contribution in [2.45, 2.75) is 96.8 Å². The van der Waals surface area contributed by atoms with E-state index in [4.69, 9.17) is 0 Å². The molecule has 0 N–H and O–H groups in total. The summed E-state index contributed by atoms with van der Waals surface area (Å²) in [7, 11) is -0.508. The van der Waals surface area contributed by atoms with Gasteiger partial charge in [0.15, 0.2) is 0 Å². The van der Waals surface area contributed by atoms with Crippen molar-refractivity contribution in [3.8, 4) is 0 Å². The van der Waals surface area contributed by atoms with Crippen LogP contribution in [0.1, 0.15) is 96.0 Å². The fourth-order valence-corrected chi connectivity index (χ4v) is 7.36. The average Bonchev–Trinajstić information content (AvgIpc) is 2.89. The molecule has 0 aromatic heterocycles. The Bertz CT molecular complexity index is 847. The maximum absolute atomic E-state index is 2.38. The second-order valence-electron chi connectivity index (χ2n) is 9.63. The minimum atomic E-state index is -0.508. The fraction of sp³-hybridized carbons (Fsp3) is 0.441. The average molecular weight is 485 g/mol. The molecule has 4 radical (unpaired) electrons. The Kier molecular flexibility index (Phi) is 15.4. The third kappa shape index (κ3) is 10.7. The van der Waals surface area contributed by atoms with Crippen molar-refractivity contribution in [2.75, 3.05) is 0 Å². The smallest absolute Gasteiger partial charge is 0 e. The van der Waals surface area contributed by atoms with E-state index in [0.29, 0.717) is 0 Å². The van der Waals surface area contributed by atoms with Crippen molar-refractivity contribution in [3.05, 3.63) is 97.9 Å². The van der Waals surface area contributed by atoms with E-state index in [-0.39, 0.29) is 7.43 Å². The molecule has 0 aliphatic heterocycles. The first kappa shape index (κ1) is 29.3. The minimum absolute atomic E-state index is 0. The molecule has 0 fully saturated rings. The predicted molar refractivity (Wildman–Crippen MR) is 158 cm³/mol. The van der Waals surface area contributed by atoms with Crippen LogP contribution in [0.4, 0.5) is 0 Å². The van der Waals surface area contributed by atoms with Crippen LogP contribution in [0, 0.1) is 7.43 Å². The van der Waals surface area contributed by atoms with Crippen molar-refractivity contribution < 1.29 is 0 Å². The Labute approximate surface area is 218 Å². The van der Waals surface area contributed by atoms with E-state index >= 15 is 0 Å². The Morgan fingerprint density at radius 1 is 0.457 bits per heavy atom. The maximum atomic E-state index is 2.38. The Hall–Kier alpha value is -1.91. The summed E-state index contributed by atoms with van der Waals surface area (Å²) in [6.45, 7) is 2.30. The molecule has 0 saturated carbocycles. The third-order valence-electron chi connectivity index (χ3n) is 6.81. The highest BCUT2D eigenvalue weighted by Gasteiger charge is 2.18. The Morgan fingerprint density at radius 3 is 1.34 bits per heavy atom. The van der Waals surface area contributed by atoms with Crippen molar-refractivity contribution in [3.63, 3.8) is 0 Å². The Balaban J connectivity index is 0.00000432. The molecule has 186 valence electrons. The molecule has 0 spiro atoms. The third-order valence-corrected chi connectivity index (χ3v) is 9.36. The normalized spacial score (nSPS) is 10.9. The molecule has 0 atom stereocenters. The zero-order valence-corrected chi connectivity index (χ0v) is 22.8. The number of unbranched alkanes of at least 4 members (excludes halogenated alkanes) is 12. The van der Waals surface area contributed by atoms with Crippen LogP contribution in [0.3, 0.4) is 0 Å². The molecule has 35 heavy (non-hydrogen) atoms. The van der Waals surface area contributed by atoms with Gasteiger partial charge in [0.05, 0.1) is 0 Å². The van der Waals surface area contributed by atoms with E-state index < -0.39 is 7.92 Å². The van der Waals surface area contributed by atoms with Gasteiger partial charge in [0.2, 0.25) is 0 Å². The molecule has 0 unspecified atom stereocenters. The van der Waals surface area contributed by atoms with Gasteiger partial charge in [-0.05, 0) is 42.2 Å². The van der Waals surface area contributed by atoms with Crippen molar-refractivity contribution in [2.24, 2.45) is 0 Å². The highest BCUT2D eigenvalue weighted by atomic mass is 31.1. The molecule has 0 heterocycles. The van der Waals surface area contributed by atoms with Crippen LogP contribution in [0.5, 0.6) is 0 Å². The first-order valence-corrected chi connectivity index (χ1v) is 15.2. The van der Waals surface area contributed by atoms with Crippen LogP contribution in [0.2, 0.25) is 0 Å². The van der Waals surface area contributed by atoms with Crippen LogP contribution in [-0.4, -0.2) is 0 Å². The first-order chi connectivity index (χ1) is 16.9. The summed E-state index contributed by atoms with van der Waals surface area (Å²) in [4.78, 5) is 0. The van der Waals surface area contributed by atoms with Crippen LogP contribution in [-0.2, 0) is 6.42 Å². The lowest BCUT2D eigenvalue weighted by atomic mass is 10.0. The van der Waals surface area contributed by atoms with Gasteiger partial charge < -0.3 is 0 Å². The van der Waals surface area contributed by atoms with Crippen LogP contribution in [0.15, 0.2) is 84.9 Å². The molecular weight excluding hydrogens is 439 g/mol. The Morgan fingerprint density at radius 2 is 0.857 bits per heavy atom. The molecule has 0 aliphatic carbocycles. The monoisotopic (exact) mass is 484 g/mol. The minimum Gasteiger partial charge on any atom is -0.0654 e. The van der Waals surface area contributed by atoms with Crippen molar-refractivity contribution in [1.29, 1.82) is 0 Å². The molecular formula is C34H45P. The van der Waals surface area contributed by atoms with Gasteiger partial charge >= 0.3 is 0 Å². The van der Waals surface area contributed by atoms with Crippen LogP contribution >= 0.6 is 7.92 Å². The van der Waals surface area contributed by atoms with Gasteiger partial charge in [-0.2, -0.15) is 0 Å². The van der Waals surface area contributed by atoms with Crippen molar-refractivity contribution >= 4 is 23.8 Å². The molecule has 3 aromatic rings. The summed E-state index contributed by atoms with van der Waals surface area (Å²) in [6.07, 6.45) is 19.6. The lowest BCUT2D eigenvalue weighted by Gasteiger charge is -2.22. The van der Waals surface area contributed by atoms with Crippen LogP contribution < -0.4 is 15.9 Å². The summed E-state index contributed by atoms with van der Waals surface area (Å²) >= 11 is 0. The molecule has 0 aliphatic rings. The number of hydrogen-bond acceptors (Lipinski definition) is 0. The zero-order chi connectivity index (χ0) is 23.7. The molecule has 0 saturated heterocycles. The largest absolute Gasteiger partial charge is 0.0654 e. The second-order valence-corrected chi connectivity index (χ2v) is 11.8. The van der Waals surface area contributed by atoms with E-state index in [1.165, 1.54) is 106 Å². The van der Waals surface area contributed by atoms with Gasteiger partial charge in [-0.3, -0.25) is 0 Å². The lowest BCUT2D eigenvalue weighted by molar-refractivity contribution is 0.539.